The Hall–Kier alpha value is -4.66. The van der Waals surface area contributed by atoms with Gasteiger partial charge in [0.05, 0.1) is 0 Å². The number of hydrogen-bond donors (Lipinski definition) is 2. The third-order valence-corrected chi connectivity index (χ3v) is 7.32. The lowest BCUT2D eigenvalue weighted by Gasteiger charge is -2.30. The number of nitrogens with one attached hydrogen (secondary N) is 2. The standard InChI is InChI=1S/C38H49N3O6/c1-27(2)22-33(36(44)46-26-30-18-12-8-13-19-30)40-35(43)32(23-29-16-10-7-11-17-29)39-34(42)25-41(37(45)47-38(4,5)6)24-28(3)31-20-14-9-15-21-31/h7-21,27-28,32-33H,22-26H2,1-6H3,(H,39,42)(H,40,43)/t28-,32+,33+/m0/s1. The molecule has 0 unspecified atom stereocenters. The van der Waals surface area contributed by atoms with Crippen molar-refractivity contribution >= 4 is 23.9 Å². The number of nitrogens with zero attached hydrogens (tertiary/aromatic N) is 1. The summed E-state index contributed by atoms with van der Waals surface area (Å²) in [6.45, 7) is 11.2. The Bertz CT molecular complexity index is 1420. The van der Waals surface area contributed by atoms with Gasteiger partial charge in [-0.05, 0) is 55.7 Å². The average molecular weight is 644 g/mol. The molecule has 3 atom stereocenters. The Morgan fingerprint density at radius 1 is 0.745 bits per heavy atom. The van der Waals surface area contributed by atoms with Gasteiger partial charge in [-0.1, -0.05) is 112 Å². The topological polar surface area (TPSA) is 114 Å². The summed E-state index contributed by atoms with van der Waals surface area (Å²) in [4.78, 5) is 55.1. The minimum atomic E-state index is -1.02. The molecule has 252 valence electrons. The molecule has 0 aromatic heterocycles. The van der Waals surface area contributed by atoms with E-state index in [1.807, 2.05) is 112 Å². The first-order valence-corrected chi connectivity index (χ1v) is 16.2. The van der Waals surface area contributed by atoms with Crippen molar-refractivity contribution in [2.24, 2.45) is 5.92 Å². The zero-order chi connectivity index (χ0) is 34.4. The largest absolute Gasteiger partial charge is 0.459 e. The maximum atomic E-state index is 13.8. The van der Waals surface area contributed by atoms with Crippen molar-refractivity contribution in [2.45, 2.75) is 84.6 Å². The predicted molar refractivity (Wildman–Crippen MR) is 182 cm³/mol. The van der Waals surface area contributed by atoms with Gasteiger partial charge < -0.3 is 20.1 Å². The van der Waals surface area contributed by atoms with Crippen molar-refractivity contribution < 1.29 is 28.7 Å². The first kappa shape index (κ1) is 36.8. The maximum absolute atomic E-state index is 13.8. The van der Waals surface area contributed by atoms with E-state index in [2.05, 4.69) is 10.6 Å². The Morgan fingerprint density at radius 3 is 1.85 bits per heavy atom. The lowest BCUT2D eigenvalue weighted by atomic mass is 10.0. The molecule has 0 fully saturated rings. The minimum absolute atomic E-state index is 0.0796. The van der Waals surface area contributed by atoms with Gasteiger partial charge in [0, 0.05) is 13.0 Å². The van der Waals surface area contributed by atoms with Crippen LogP contribution >= 0.6 is 0 Å². The van der Waals surface area contributed by atoms with Crippen molar-refractivity contribution in [3.8, 4) is 0 Å². The van der Waals surface area contributed by atoms with Gasteiger partial charge in [0.15, 0.2) is 0 Å². The number of rotatable bonds is 15. The monoisotopic (exact) mass is 643 g/mol. The van der Waals surface area contributed by atoms with Gasteiger partial charge in [0.2, 0.25) is 11.8 Å². The van der Waals surface area contributed by atoms with Gasteiger partial charge >= 0.3 is 12.1 Å². The summed E-state index contributed by atoms with van der Waals surface area (Å²) in [6.07, 6.45) is -0.0916. The number of carbonyl (C=O) groups excluding carboxylic acids is 4. The molecule has 0 spiro atoms. The van der Waals surface area contributed by atoms with Gasteiger partial charge in [-0.15, -0.1) is 0 Å². The van der Waals surface area contributed by atoms with Gasteiger partial charge in [-0.3, -0.25) is 14.5 Å². The molecule has 3 amide bonds. The number of amides is 3. The third-order valence-electron chi connectivity index (χ3n) is 7.32. The molecule has 0 aliphatic rings. The summed E-state index contributed by atoms with van der Waals surface area (Å²) in [5.74, 6) is -1.60. The molecule has 2 N–H and O–H groups in total. The Labute approximate surface area is 279 Å². The summed E-state index contributed by atoms with van der Waals surface area (Å²) in [5.41, 5.74) is 1.90. The van der Waals surface area contributed by atoms with Crippen LogP contribution in [-0.2, 0) is 36.9 Å². The fourth-order valence-electron chi connectivity index (χ4n) is 5.01. The van der Waals surface area contributed by atoms with Gasteiger partial charge in [-0.2, -0.15) is 0 Å². The summed E-state index contributed by atoms with van der Waals surface area (Å²) >= 11 is 0. The lowest BCUT2D eigenvalue weighted by Crippen LogP contribution is -2.55. The number of benzene rings is 3. The maximum Gasteiger partial charge on any atom is 0.410 e. The van der Waals surface area contributed by atoms with Crippen LogP contribution in [-0.4, -0.2) is 59.6 Å². The summed E-state index contributed by atoms with van der Waals surface area (Å²) < 4.78 is 11.2. The van der Waals surface area contributed by atoms with E-state index >= 15 is 0 Å². The van der Waals surface area contributed by atoms with E-state index in [9.17, 15) is 19.2 Å². The molecule has 9 heteroatoms. The summed E-state index contributed by atoms with van der Waals surface area (Å²) in [7, 11) is 0. The van der Waals surface area contributed by atoms with Crippen LogP contribution in [0, 0.1) is 5.92 Å². The summed E-state index contributed by atoms with van der Waals surface area (Å²) in [6, 6.07) is 26.4. The molecule has 3 rings (SSSR count). The zero-order valence-electron chi connectivity index (χ0n) is 28.4. The quantitative estimate of drug-likeness (QED) is 0.196. The molecule has 0 aliphatic heterocycles. The lowest BCUT2D eigenvalue weighted by molar-refractivity contribution is -0.149. The number of esters is 1. The van der Waals surface area contributed by atoms with Crippen LogP contribution in [0.5, 0.6) is 0 Å². The van der Waals surface area contributed by atoms with Crippen molar-refractivity contribution in [2.75, 3.05) is 13.1 Å². The highest BCUT2D eigenvalue weighted by Crippen LogP contribution is 2.18. The van der Waals surface area contributed by atoms with Crippen LogP contribution in [0.4, 0.5) is 4.79 Å². The van der Waals surface area contributed by atoms with E-state index in [1.165, 1.54) is 4.90 Å². The van der Waals surface area contributed by atoms with Crippen molar-refractivity contribution in [3.63, 3.8) is 0 Å². The molecule has 0 radical (unpaired) electrons. The highest BCUT2D eigenvalue weighted by atomic mass is 16.6. The molecule has 47 heavy (non-hydrogen) atoms. The second kappa shape index (κ2) is 17.9. The molecule has 3 aromatic rings. The molecular weight excluding hydrogens is 594 g/mol. The Morgan fingerprint density at radius 2 is 1.30 bits per heavy atom. The molecule has 3 aromatic carbocycles. The first-order valence-electron chi connectivity index (χ1n) is 16.2. The highest BCUT2D eigenvalue weighted by Gasteiger charge is 2.31. The van der Waals surface area contributed by atoms with Crippen LogP contribution in [0.2, 0.25) is 0 Å². The van der Waals surface area contributed by atoms with E-state index < -0.39 is 41.6 Å². The molecule has 0 saturated carbocycles. The van der Waals surface area contributed by atoms with Crippen LogP contribution in [0.1, 0.15) is 70.6 Å². The van der Waals surface area contributed by atoms with Crippen LogP contribution in [0.15, 0.2) is 91.0 Å². The second-order valence-corrected chi connectivity index (χ2v) is 13.3. The number of hydrogen-bond acceptors (Lipinski definition) is 6. The van der Waals surface area contributed by atoms with Gasteiger partial charge in [0.25, 0.3) is 0 Å². The number of ether oxygens (including phenoxy) is 2. The van der Waals surface area contributed by atoms with Gasteiger partial charge in [-0.25, -0.2) is 9.59 Å². The van der Waals surface area contributed by atoms with E-state index in [-0.39, 0.29) is 38.0 Å². The molecule has 9 nitrogen and oxygen atoms in total. The molecule has 0 saturated heterocycles. The fourth-order valence-corrected chi connectivity index (χ4v) is 5.01. The first-order chi connectivity index (χ1) is 22.3. The fraction of sp³-hybridized carbons (Fsp3) is 0.421. The SMILES string of the molecule is CC(C)C[C@@H](NC(=O)[C@@H](Cc1ccccc1)NC(=O)CN(C[C@H](C)c1ccccc1)C(=O)OC(C)(C)C)C(=O)OCc1ccccc1. The summed E-state index contributed by atoms with van der Waals surface area (Å²) in [5, 5.41) is 5.67. The van der Waals surface area contributed by atoms with E-state index in [4.69, 9.17) is 9.47 Å². The third kappa shape index (κ3) is 13.3. The van der Waals surface area contributed by atoms with Gasteiger partial charge in [0.1, 0.15) is 30.8 Å². The minimum Gasteiger partial charge on any atom is -0.459 e. The molecule has 0 heterocycles. The van der Waals surface area contributed by atoms with Crippen LogP contribution < -0.4 is 10.6 Å². The van der Waals surface area contributed by atoms with Crippen molar-refractivity contribution in [1.82, 2.24) is 15.5 Å². The Kier molecular flexibility index (Phi) is 14.0. The molecular formula is C38H49N3O6. The van der Waals surface area contributed by atoms with Crippen LogP contribution in [0.3, 0.4) is 0 Å². The van der Waals surface area contributed by atoms with E-state index in [1.54, 1.807) is 20.8 Å². The number of carbonyl (C=O) groups is 4. The Balaban J connectivity index is 1.78. The van der Waals surface area contributed by atoms with Crippen molar-refractivity contribution in [1.29, 1.82) is 0 Å². The average Bonchev–Trinajstić information content (AvgIpc) is 3.03. The zero-order valence-corrected chi connectivity index (χ0v) is 28.4. The van der Waals surface area contributed by atoms with E-state index in [0.717, 1.165) is 16.7 Å². The van der Waals surface area contributed by atoms with Crippen molar-refractivity contribution in [3.05, 3.63) is 108 Å². The normalized spacial score (nSPS) is 13.2. The molecule has 0 aliphatic carbocycles. The molecule has 0 bridgehead atoms. The van der Waals surface area contributed by atoms with Crippen LogP contribution in [0.25, 0.3) is 0 Å². The van der Waals surface area contributed by atoms with E-state index in [0.29, 0.717) is 6.42 Å². The highest BCUT2D eigenvalue weighted by molar-refractivity contribution is 5.92. The second-order valence-electron chi connectivity index (χ2n) is 13.3. The predicted octanol–water partition coefficient (Wildman–Crippen LogP) is 6.03. The smallest absolute Gasteiger partial charge is 0.410 e.